The molecule has 1 atom stereocenters. The van der Waals surface area contributed by atoms with Gasteiger partial charge in [-0.3, -0.25) is 4.98 Å². The van der Waals surface area contributed by atoms with Gasteiger partial charge in [0, 0.05) is 6.20 Å². The third-order valence-electron chi connectivity index (χ3n) is 3.78. The van der Waals surface area contributed by atoms with Crippen LogP contribution in [0.2, 0.25) is 0 Å². The van der Waals surface area contributed by atoms with Crippen LogP contribution in [0.3, 0.4) is 0 Å². The topological polar surface area (TPSA) is 38.9 Å². The van der Waals surface area contributed by atoms with Crippen molar-refractivity contribution in [2.45, 2.75) is 51.5 Å². The van der Waals surface area contributed by atoms with E-state index in [0.29, 0.717) is 5.92 Å². The van der Waals surface area contributed by atoms with Crippen LogP contribution < -0.4 is 5.73 Å². The smallest absolute Gasteiger partial charge is 0.0605 e. The first-order valence-electron chi connectivity index (χ1n) is 6.52. The number of hydrogen-bond donors (Lipinski definition) is 1. The molecule has 2 N–H and O–H groups in total. The first-order chi connectivity index (χ1) is 7.83. The molecule has 0 aliphatic heterocycles. The summed E-state index contributed by atoms with van der Waals surface area (Å²) in [6.07, 6.45) is 9.52. The third-order valence-corrected chi connectivity index (χ3v) is 3.78. The molecule has 0 radical (unpaired) electrons. The number of rotatable bonds is 3. The highest BCUT2D eigenvalue weighted by Crippen LogP contribution is 2.33. The second kappa shape index (κ2) is 5.44. The molecule has 0 spiro atoms. The van der Waals surface area contributed by atoms with E-state index in [-0.39, 0.29) is 6.04 Å². The molecule has 88 valence electrons. The van der Waals surface area contributed by atoms with Gasteiger partial charge in [0.25, 0.3) is 0 Å². The van der Waals surface area contributed by atoms with Gasteiger partial charge >= 0.3 is 0 Å². The molecule has 1 unspecified atom stereocenters. The summed E-state index contributed by atoms with van der Waals surface area (Å²) in [7, 11) is 0. The maximum Gasteiger partial charge on any atom is 0.0605 e. The molecule has 1 heterocycles. The number of pyridine rings is 1. The van der Waals surface area contributed by atoms with E-state index in [1.54, 1.807) is 0 Å². The molecule has 1 fully saturated rings. The number of aromatic nitrogens is 1. The highest BCUT2D eigenvalue weighted by atomic mass is 14.8. The van der Waals surface area contributed by atoms with Crippen LogP contribution in [0, 0.1) is 5.92 Å². The van der Waals surface area contributed by atoms with Crippen LogP contribution in [0.5, 0.6) is 0 Å². The molecular weight excluding hydrogens is 196 g/mol. The van der Waals surface area contributed by atoms with Crippen molar-refractivity contribution < 1.29 is 0 Å². The van der Waals surface area contributed by atoms with Crippen LogP contribution in [-0.2, 0) is 6.42 Å². The largest absolute Gasteiger partial charge is 0.322 e. The van der Waals surface area contributed by atoms with Crippen molar-refractivity contribution in [3.63, 3.8) is 0 Å². The minimum absolute atomic E-state index is 0.149. The quantitative estimate of drug-likeness (QED) is 0.846. The predicted octanol–water partition coefficient (Wildman–Crippen LogP) is 3.22. The fourth-order valence-electron chi connectivity index (χ4n) is 2.77. The molecule has 0 saturated heterocycles. The normalized spacial score (nSPS) is 19.6. The second-order valence-electron chi connectivity index (χ2n) is 4.83. The lowest BCUT2D eigenvalue weighted by Gasteiger charge is -2.28. The summed E-state index contributed by atoms with van der Waals surface area (Å²) in [4.78, 5) is 4.50. The predicted molar refractivity (Wildman–Crippen MR) is 67.1 cm³/mol. The van der Waals surface area contributed by atoms with Crippen molar-refractivity contribution in [1.82, 2.24) is 4.98 Å². The van der Waals surface area contributed by atoms with Gasteiger partial charge in [-0.15, -0.1) is 0 Å². The van der Waals surface area contributed by atoms with E-state index in [0.717, 1.165) is 12.1 Å². The van der Waals surface area contributed by atoms with E-state index < -0.39 is 0 Å². The van der Waals surface area contributed by atoms with Crippen molar-refractivity contribution in [3.8, 4) is 0 Å². The Balaban J connectivity index is 2.15. The Bertz CT molecular complexity index is 329. The lowest BCUT2D eigenvalue weighted by molar-refractivity contribution is 0.304. The summed E-state index contributed by atoms with van der Waals surface area (Å²) in [6, 6.07) is 4.32. The summed E-state index contributed by atoms with van der Waals surface area (Å²) in [5, 5.41) is 0. The van der Waals surface area contributed by atoms with Gasteiger partial charge in [-0.2, -0.15) is 0 Å². The van der Waals surface area contributed by atoms with Crippen molar-refractivity contribution in [1.29, 1.82) is 0 Å². The molecular formula is C14H22N2. The highest BCUT2D eigenvalue weighted by Gasteiger charge is 2.23. The van der Waals surface area contributed by atoms with E-state index in [1.807, 2.05) is 12.3 Å². The van der Waals surface area contributed by atoms with E-state index in [2.05, 4.69) is 18.0 Å². The van der Waals surface area contributed by atoms with Gasteiger partial charge in [0.1, 0.15) is 0 Å². The molecule has 1 aliphatic rings. The molecule has 1 aliphatic carbocycles. The zero-order valence-corrected chi connectivity index (χ0v) is 10.2. The lowest BCUT2D eigenvalue weighted by Crippen LogP contribution is -2.25. The van der Waals surface area contributed by atoms with Crippen molar-refractivity contribution in [3.05, 3.63) is 29.6 Å². The Labute approximate surface area is 98.3 Å². The van der Waals surface area contributed by atoms with E-state index >= 15 is 0 Å². The third kappa shape index (κ3) is 2.43. The molecule has 2 nitrogen and oxygen atoms in total. The first kappa shape index (κ1) is 11.6. The van der Waals surface area contributed by atoms with Gasteiger partial charge in [-0.1, -0.05) is 32.3 Å². The van der Waals surface area contributed by atoms with Gasteiger partial charge < -0.3 is 5.73 Å². The van der Waals surface area contributed by atoms with Gasteiger partial charge in [-0.05, 0) is 36.8 Å². The monoisotopic (exact) mass is 218 g/mol. The fraction of sp³-hybridized carbons (Fsp3) is 0.643. The van der Waals surface area contributed by atoms with Crippen LogP contribution in [0.4, 0.5) is 0 Å². The fourth-order valence-corrected chi connectivity index (χ4v) is 2.77. The van der Waals surface area contributed by atoms with Crippen molar-refractivity contribution in [2.75, 3.05) is 0 Å². The summed E-state index contributed by atoms with van der Waals surface area (Å²) in [5.74, 6) is 0.647. The number of nitrogens with zero attached hydrogens (tertiary/aromatic N) is 1. The summed E-state index contributed by atoms with van der Waals surface area (Å²) in [5.41, 5.74) is 8.84. The minimum atomic E-state index is 0.149. The Kier molecular flexibility index (Phi) is 3.94. The van der Waals surface area contributed by atoms with Gasteiger partial charge in [0.15, 0.2) is 0 Å². The zero-order chi connectivity index (χ0) is 11.4. The van der Waals surface area contributed by atoms with Crippen LogP contribution in [-0.4, -0.2) is 4.98 Å². The average Bonchev–Trinajstić information content (AvgIpc) is 2.39. The summed E-state index contributed by atoms with van der Waals surface area (Å²) in [6.45, 7) is 2.17. The maximum absolute atomic E-state index is 6.38. The summed E-state index contributed by atoms with van der Waals surface area (Å²) < 4.78 is 0. The second-order valence-corrected chi connectivity index (χ2v) is 4.83. The molecule has 0 bridgehead atoms. The molecule has 2 heteroatoms. The van der Waals surface area contributed by atoms with Gasteiger partial charge in [0.2, 0.25) is 0 Å². The average molecular weight is 218 g/mol. The van der Waals surface area contributed by atoms with Crippen molar-refractivity contribution in [2.24, 2.45) is 11.7 Å². The number of hydrogen-bond acceptors (Lipinski definition) is 2. The molecule has 1 aromatic rings. The molecule has 16 heavy (non-hydrogen) atoms. The molecule has 0 amide bonds. The Morgan fingerprint density at radius 3 is 2.81 bits per heavy atom. The maximum atomic E-state index is 6.38. The Morgan fingerprint density at radius 2 is 2.12 bits per heavy atom. The van der Waals surface area contributed by atoms with Crippen LogP contribution >= 0.6 is 0 Å². The standard InChI is InChI=1S/C14H22N2/c1-2-11-9-6-10-16-14(11)13(15)12-7-4-3-5-8-12/h6,9-10,12-13H,2-5,7-8,15H2,1H3. The molecule has 2 rings (SSSR count). The van der Waals surface area contributed by atoms with Gasteiger partial charge in [-0.25, -0.2) is 0 Å². The zero-order valence-electron chi connectivity index (χ0n) is 10.2. The number of nitrogens with two attached hydrogens (primary N) is 1. The molecule has 1 aromatic heterocycles. The van der Waals surface area contributed by atoms with E-state index in [4.69, 9.17) is 5.73 Å². The minimum Gasteiger partial charge on any atom is -0.322 e. The Hall–Kier alpha value is -0.890. The molecule has 1 saturated carbocycles. The summed E-state index contributed by atoms with van der Waals surface area (Å²) >= 11 is 0. The first-order valence-corrected chi connectivity index (χ1v) is 6.52. The molecule has 0 aromatic carbocycles. The number of aryl methyl sites for hydroxylation is 1. The SMILES string of the molecule is CCc1cccnc1C(N)C1CCCCC1. The van der Waals surface area contributed by atoms with Gasteiger partial charge in [0.05, 0.1) is 11.7 Å². The van der Waals surface area contributed by atoms with Crippen LogP contribution in [0.25, 0.3) is 0 Å². The van der Waals surface area contributed by atoms with Crippen LogP contribution in [0.15, 0.2) is 18.3 Å². The van der Waals surface area contributed by atoms with E-state index in [1.165, 1.54) is 37.7 Å². The highest BCUT2D eigenvalue weighted by molar-refractivity contribution is 5.23. The lowest BCUT2D eigenvalue weighted by atomic mass is 9.82. The van der Waals surface area contributed by atoms with E-state index in [9.17, 15) is 0 Å². The van der Waals surface area contributed by atoms with Crippen molar-refractivity contribution >= 4 is 0 Å². The van der Waals surface area contributed by atoms with Crippen LogP contribution in [0.1, 0.15) is 56.3 Å². The Morgan fingerprint density at radius 1 is 1.38 bits per heavy atom.